The van der Waals surface area contributed by atoms with E-state index in [0.29, 0.717) is 28.6 Å². The van der Waals surface area contributed by atoms with Gasteiger partial charge < -0.3 is 20.5 Å². The van der Waals surface area contributed by atoms with Crippen LogP contribution in [0.4, 0.5) is 11.4 Å². The van der Waals surface area contributed by atoms with Crippen molar-refractivity contribution in [1.29, 1.82) is 0 Å². The molecule has 0 aliphatic rings. The van der Waals surface area contributed by atoms with Gasteiger partial charge in [-0.05, 0) is 0 Å². The predicted octanol–water partition coefficient (Wildman–Crippen LogP) is 1.99. The number of thiazole rings is 1. The first kappa shape index (κ1) is 13.2. The molecule has 0 aliphatic heterocycles. The van der Waals surface area contributed by atoms with Gasteiger partial charge in [-0.25, -0.2) is 4.98 Å². The number of carbonyl (C=O) groups excluding carboxylic acids is 1. The number of amides is 1. The molecular formula is C12H13N3O3S. The number of nitrogens with one attached hydrogen (secondary N) is 1. The van der Waals surface area contributed by atoms with Crippen LogP contribution in [0.3, 0.4) is 0 Å². The summed E-state index contributed by atoms with van der Waals surface area (Å²) in [5.41, 5.74) is 8.64. The fourth-order valence-corrected chi connectivity index (χ4v) is 2.05. The molecule has 0 unspecified atom stereocenters. The average molecular weight is 279 g/mol. The summed E-state index contributed by atoms with van der Waals surface area (Å²) in [7, 11) is 3.03. The summed E-state index contributed by atoms with van der Waals surface area (Å²) in [4.78, 5) is 15.8. The molecular weight excluding hydrogens is 266 g/mol. The van der Waals surface area contributed by atoms with Gasteiger partial charge in [-0.2, -0.15) is 0 Å². The van der Waals surface area contributed by atoms with Crippen LogP contribution in [-0.2, 0) is 0 Å². The molecule has 0 fully saturated rings. The molecule has 100 valence electrons. The van der Waals surface area contributed by atoms with E-state index in [-0.39, 0.29) is 5.91 Å². The number of nitrogens with zero attached hydrogens (tertiary/aromatic N) is 1. The van der Waals surface area contributed by atoms with E-state index in [1.807, 2.05) is 0 Å². The van der Waals surface area contributed by atoms with Crippen molar-refractivity contribution in [2.45, 2.75) is 0 Å². The third-order valence-electron chi connectivity index (χ3n) is 2.47. The Morgan fingerprint density at radius 2 is 2.00 bits per heavy atom. The maximum Gasteiger partial charge on any atom is 0.275 e. The molecule has 3 N–H and O–H groups in total. The van der Waals surface area contributed by atoms with Crippen LogP contribution in [0, 0.1) is 0 Å². The Morgan fingerprint density at radius 3 is 2.58 bits per heavy atom. The zero-order valence-electron chi connectivity index (χ0n) is 10.5. The summed E-state index contributed by atoms with van der Waals surface area (Å²) in [6.45, 7) is 0. The first-order valence-corrected chi connectivity index (χ1v) is 6.31. The van der Waals surface area contributed by atoms with Crippen molar-refractivity contribution in [3.8, 4) is 11.5 Å². The van der Waals surface area contributed by atoms with E-state index >= 15 is 0 Å². The van der Waals surface area contributed by atoms with E-state index in [1.54, 1.807) is 23.0 Å². The number of carbonyl (C=O) groups is 1. The lowest BCUT2D eigenvalue weighted by atomic mass is 10.2. The Morgan fingerprint density at radius 1 is 1.32 bits per heavy atom. The molecule has 0 aliphatic carbocycles. The van der Waals surface area contributed by atoms with E-state index in [2.05, 4.69) is 10.3 Å². The Labute approximate surface area is 114 Å². The van der Waals surface area contributed by atoms with Crippen LogP contribution in [0.2, 0.25) is 0 Å². The van der Waals surface area contributed by atoms with Crippen molar-refractivity contribution in [1.82, 2.24) is 4.98 Å². The van der Waals surface area contributed by atoms with Crippen LogP contribution in [0.15, 0.2) is 23.0 Å². The Balaban J connectivity index is 2.28. The second-order valence-electron chi connectivity index (χ2n) is 3.62. The van der Waals surface area contributed by atoms with Crippen LogP contribution in [-0.4, -0.2) is 25.1 Å². The lowest BCUT2D eigenvalue weighted by Gasteiger charge is -2.12. The van der Waals surface area contributed by atoms with Gasteiger partial charge in [-0.15, -0.1) is 11.3 Å². The first-order valence-electron chi connectivity index (χ1n) is 5.36. The molecule has 6 nitrogen and oxygen atoms in total. The number of benzene rings is 1. The molecule has 1 amide bonds. The molecule has 7 heteroatoms. The maximum absolute atomic E-state index is 11.9. The molecule has 0 bridgehead atoms. The van der Waals surface area contributed by atoms with Gasteiger partial charge >= 0.3 is 0 Å². The van der Waals surface area contributed by atoms with Gasteiger partial charge in [0, 0.05) is 17.5 Å². The number of rotatable bonds is 4. The summed E-state index contributed by atoms with van der Waals surface area (Å²) in [5.74, 6) is 0.678. The lowest BCUT2D eigenvalue weighted by molar-refractivity contribution is 0.102. The van der Waals surface area contributed by atoms with Gasteiger partial charge in [0.2, 0.25) is 0 Å². The Bertz CT molecular complexity index is 584. The number of aromatic nitrogens is 1. The SMILES string of the molecule is COc1cc(N)c(NC(=O)c2cscn2)cc1OC. The van der Waals surface area contributed by atoms with Crippen molar-refractivity contribution in [3.05, 3.63) is 28.7 Å². The smallest absolute Gasteiger partial charge is 0.275 e. The van der Waals surface area contributed by atoms with Crippen LogP contribution in [0.1, 0.15) is 10.5 Å². The van der Waals surface area contributed by atoms with E-state index in [0.717, 1.165) is 0 Å². The predicted molar refractivity (Wildman–Crippen MR) is 74.0 cm³/mol. The van der Waals surface area contributed by atoms with Gasteiger partial charge in [0.1, 0.15) is 5.69 Å². The van der Waals surface area contributed by atoms with Crippen molar-refractivity contribution in [3.63, 3.8) is 0 Å². The van der Waals surface area contributed by atoms with E-state index in [9.17, 15) is 4.79 Å². The van der Waals surface area contributed by atoms with E-state index < -0.39 is 0 Å². The zero-order chi connectivity index (χ0) is 13.8. The van der Waals surface area contributed by atoms with E-state index in [4.69, 9.17) is 15.2 Å². The topological polar surface area (TPSA) is 86.5 Å². The van der Waals surface area contributed by atoms with Crippen LogP contribution < -0.4 is 20.5 Å². The molecule has 1 heterocycles. The highest BCUT2D eigenvalue weighted by atomic mass is 32.1. The third kappa shape index (κ3) is 2.76. The molecule has 0 atom stereocenters. The molecule has 0 saturated heterocycles. The number of ether oxygens (including phenoxy) is 2. The van der Waals surface area contributed by atoms with Crippen LogP contribution in [0.5, 0.6) is 11.5 Å². The number of hydrogen-bond acceptors (Lipinski definition) is 6. The molecule has 2 aromatic rings. The van der Waals surface area contributed by atoms with Crippen LogP contribution >= 0.6 is 11.3 Å². The second-order valence-corrected chi connectivity index (χ2v) is 4.34. The Kier molecular flexibility index (Phi) is 3.86. The number of anilines is 2. The van der Waals surface area contributed by atoms with Gasteiger partial charge in [0.25, 0.3) is 5.91 Å². The summed E-state index contributed by atoms with van der Waals surface area (Å²) in [6, 6.07) is 3.20. The summed E-state index contributed by atoms with van der Waals surface area (Å²) in [6.07, 6.45) is 0. The zero-order valence-corrected chi connectivity index (χ0v) is 11.3. The summed E-state index contributed by atoms with van der Waals surface area (Å²) >= 11 is 1.35. The maximum atomic E-state index is 11.9. The molecule has 0 saturated carbocycles. The van der Waals surface area contributed by atoms with Crippen molar-refractivity contribution < 1.29 is 14.3 Å². The monoisotopic (exact) mass is 279 g/mol. The van der Waals surface area contributed by atoms with Gasteiger partial charge in [0.15, 0.2) is 11.5 Å². The number of nitrogen functional groups attached to an aromatic ring is 1. The molecule has 2 rings (SSSR count). The minimum absolute atomic E-state index is 0.319. The molecule has 1 aromatic heterocycles. The number of nitrogens with two attached hydrogens (primary N) is 1. The minimum atomic E-state index is -0.319. The first-order chi connectivity index (χ1) is 9.15. The fourth-order valence-electron chi connectivity index (χ4n) is 1.51. The van der Waals surface area contributed by atoms with Crippen LogP contribution in [0.25, 0.3) is 0 Å². The Hall–Kier alpha value is -2.28. The van der Waals surface area contributed by atoms with Crippen molar-refractivity contribution in [2.75, 3.05) is 25.3 Å². The highest BCUT2D eigenvalue weighted by molar-refractivity contribution is 7.07. The highest BCUT2D eigenvalue weighted by Crippen LogP contribution is 2.34. The quantitative estimate of drug-likeness (QED) is 0.836. The van der Waals surface area contributed by atoms with Gasteiger partial charge in [-0.1, -0.05) is 0 Å². The minimum Gasteiger partial charge on any atom is -0.493 e. The lowest BCUT2D eigenvalue weighted by Crippen LogP contribution is -2.13. The van der Waals surface area contributed by atoms with Gasteiger partial charge in [0.05, 0.1) is 31.1 Å². The fraction of sp³-hybridized carbons (Fsp3) is 0.167. The highest BCUT2D eigenvalue weighted by Gasteiger charge is 2.13. The number of methoxy groups -OCH3 is 2. The molecule has 0 spiro atoms. The molecule has 19 heavy (non-hydrogen) atoms. The summed E-state index contributed by atoms with van der Waals surface area (Å²) < 4.78 is 10.3. The van der Waals surface area contributed by atoms with Crippen molar-refractivity contribution >= 4 is 28.6 Å². The molecule has 0 radical (unpaired) electrons. The van der Waals surface area contributed by atoms with E-state index in [1.165, 1.54) is 25.6 Å². The number of hydrogen-bond donors (Lipinski definition) is 2. The second kappa shape index (κ2) is 5.57. The van der Waals surface area contributed by atoms with Crippen molar-refractivity contribution in [2.24, 2.45) is 0 Å². The summed E-state index contributed by atoms with van der Waals surface area (Å²) in [5, 5.41) is 4.34. The third-order valence-corrected chi connectivity index (χ3v) is 3.06. The van der Waals surface area contributed by atoms with Gasteiger partial charge in [-0.3, -0.25) is 4.79 Å². The largest absolute Gasteiger partial charge is 0.493 e. The molecule has 1 aromatic carbocycles. The average Bonchev–Trinajstić information content (AvgIpc) is 2.94. The normalized spacial score (nSPS) is 10.0. The standard InChI is InChI=1S/C12H13N3O3S/c1-17-10-3-7(13)8(4-11(10)18-2)15-12(16)9-5-19-6-14-9/h3-6H,13H2,1-2H3,(H,15,16).